The van der Waals surface area contributed by atoms with Crippen molar-refractivity contribution in [1.82, 2.24) is 4.40 Å². The maximum atomic E-state index is 2.62. The molecule has 4 heteroatoms. The van der Waals surface area contributed by atoms with Crippen molar-refractivity contribution in [2.24, 2.45) is 0 Å². The third-order valence-electron chi connectivity index (χ3n) is 15.5. The smallest absolute Gasteiger partial charge is 0.0729 e. The van der Waals surface area contributed by atoms with Crippen LogP contribution in [0, 0.1) is 0 Å². The van der Waals surface area contributed by atoms with Crippen molar-refractivity contribution < 1.29 is 0 Å². The van der Waals surface area contributed by atoms with Gasteiger partial charge in [0, 0.05) is 54.7 Å². The molecule has 368 valence electrons. The minimum atomic E-state index is 0.0359. The summed E-state index contributed by atoms with van der Waals surface area (Å²) in [7, 11) is 0. The molecule has 0 N–H and O–H groups in total. The summed E-state index contributed by atoms with van der Waals surface area (Å²) in [5.74, 6) is 0. The number of hydrogen-bond donors (Lipinski definition) is 0. The van der Waals surface area contributed by atoms with Crippen LogP contribution in [0.2, 0.25) is 0 Å². The second kappa shape index (κ2) is 17.1. The molecule has 12 rings (SSSR count). The van der Waals surface area contributed by atoms with Gasteiger partial charge in [-0.3, -0.25) is 0 Å². The average Bonchev–Trinajstić information content (AvgIpc) is 4.06. The fraction of sp³-hybridized carbons (Fsp3) is 0.229. The fourth-order valence-corrected chi connectivity index (χ4v) is 12.4. The van der Waals surface area contributed by atoms with Crippen molar-refractivity contribution in [3.63, 3.8) is 0 Å². The Bertz CT molecular complexity index is 3940. The Balaban J connectivity index is 1.13. The second-order valence-electron chi connectivity index (χ2n) is 24.8. The van der Waals surface area contributed by atoms with E-state index < -0.39 is 0 Å². The monoisotopic (exact) mass is 982 g/mol. The van der Waals surface area contributed by atoms with Crippen LogP contribution in [0.15, 0.2) is 188 Å². The van der Waals surface area contributed by atoms with Crippen LogP contribution in [-0.2, 0) is 21.7 Å². The van der Waals surface area contributed by atoms with Gasteiger partial charge in [-0.1, -0.05) is 180 Å². The molecular formula is C70H67N3S. The molecule has 0 aliphatic heterocycles. The van der Waals surface area contributed by atoms with Gasteiger partial charge < -0.3 is 14.2 Å². The zero-order chi connectivity index (χ0) is 51.6. The molecule has 0 spiro atoms. The minimum Gasteiger partial charge on any atom is -0.310 e. The van der Waals surface area contributed by atoms with Gasteiger partial charge in [0.15, 0.2) is 0 Å². The number of aromatic nitrogens is 1. The molecule has 0 radical (unpaired) electrons. The molecule has 0 aliphatic rings. The Labute approximate surface area is 441 Å². The lowest BCUT2D eigenvalue weighted by Crippen LogP contribution is -2.14. The second-order valence-corrected chi connectivity index (χ2v) is 25.9. The summed E-state index contributed by atoms with van der Waals surface area (Å²) in [6.07, 6.45) is 0. The molecule has 0 aliphatic carbocycles. The third kappa shape index (κ3) is 8.10. The molecule has 0 saturated heterocycles. The molecule has 3 nitrogen and oxygen atoms in total. The van der Waals surface area contributed by atoms with Crippen LogP contribution in [0.25, 0.3) is 69.4 Å². The van der Waals surface area contributed by atoms with E-state index in [2.05, 4.69) is 285 Å². The van der Waals surface area contributed by atoms with Crippen molar-refractivity contribution >= 4 is 104 Å². The number of anilines is 6. The van der Waals surface area contributed by atoms with Crippen LogP contribution in [0.5, 0.6) is 0 Å². The standard InChI is InChI=1S/C70H67N3S/c1-67(2,3)48-20-29-52(30-21-48)71(53-31-22-49(23-32-53)68(4,5)6)56-28-18-46-41-58-57-37-38-60(72(54-33-24-50(25-34-54)69(7,8)9)55-35-26-51(27-36-55)70(10,11)12)63-64(57)73(61(58)43-47(46)40-56)65-59-42-45(44-16-14-13-15-17-44)19-39-62(59)74-66(63)65/h13-43H,1-12H3. The van der Waals surface area contributed by atoms with Crippen LogP contribution >= 0.6 is 11.3 Å². The van der Waals surface area contributed by atoms with Gasteiger partial charge >= 0.3 is 0 Å². The predicted octanol–water partition coefficient (Wildman–Crippen LogP) is 21.0. The van der Waals surface area contributed by atoms with E-state index in [0.717, 1.165) is 28.4 Å². The first-order valence-electron chi connectivity index (χ1n) is 26.4. The van der Waals surface area contributed by atoms with E-state index in [9.17, 15) is 0 Å². The lowest BCUT2D eigenvalue weighted by molar-refractivity contribution is 0.590. The number of hydrogen-bond acceptors (Lipinski definition) is 3. The molecular weight excluding hydrogens is 915 g/mol. The van der Waals surface area contributed by atoms with E-state index >= 15 is 0 Å². The number of benzene rings is 9. The Morgan fingerprint density at radius 1 is 0.351 bits per heavy atom. The molecule has 3 heterocycles. The highest BCUT2D eigenvalue weighted by atomic mass is 32.1. The van der Waals surface area contributed by atoms with Crippen LogP contribution in [0.1, 0.15) is 105 Å². The van der Waals surface area contributed by atoms with Crippen molar-refractivity contribution in [1.29, 1.82) is 0 Å². The van der Waals surface area contributed by atoms with Gasteiger partial charge in [-0.05, 0) is 157 Å². The van der Waals surface area contributed by atoms with Gasteiger partial charge in [0.2, 0.25) is 0 Å². The molecule has 74 heavy (non-hydrogen) atoms. The Morgan fingerprint density at radius 3 is 1.34 bits per heavy atom. The number of thiophene rings is 1. The Morgan fingerprint density at radius 2 is 0.838 bits per heavy atom. The summed E-state index contributed by atoms with van der Waals surface area (Å²) in [6.45, 7) is 27.5. The van der Waals surface area contributed by atoms with Gasteiger partial charge in [0.05, 0.1) is 26.9 Å². The normalized spacial score (nSPS) is 12.9. The molecule has 9 aromatic carbocycles. The zero-order valence-electron chi connectivity index (χ0n) is 45.1. The number of nitrogens with zero attached hydrogens (tertiary/aromatic N) is 3. The van der Waals surface area contributed by atoms with Crippen LogP contribution in [-0.4, -0.2) is 4.40 Å². The highest BCUT2D eigenvalue weighted by Gasteiger charge is 2.28. The van der Waals surface area contributed by atoms with E-state index in [1.165, 1.54) is 97.3 Å². The number of rotatable bonds is 7. The van der Waals surface area contributed by atoms with Gasteiger partial charge in [0.1, 0.15) is 0 Å². The molecule has 0 fully saturated rings. The van der Waals surface area contributed by atoms with E-state index in [-0.39, 0.29) is 21.7 Å². The molecule has 0 amide bonds. The highest BCUT2D eigenvalue weighted by Crippen LogP contribution is 2.52. The van der Waals surface area contributed by atoms with Gasteiger partial charge in [-0.15, -0.1) is 11.3 Å². The topological polar surface area (TPSA) is 10.9 Å². The maximum absolute atomic E-state index is 2.62. The lowest BCUT2D eigenvalue weighted by Gasteiger charge is -2.28. The van der Waals surface area contributed by atoms with Crippen LogP contribution in [0.3, 0.4) is 0 Å². The third-order valence-corrected chi connectivity index (χ3v) is 16.7. The highest BCUT2D eigenvalue weighted by molar-refractivity contribution is 7.26. The predicted molar refractivity (Wildman–Crippen MR) is 324 cm³/mol. The Hall–Kier alpha value is -7.40. The molecule has 12 aromatic rings. The van der Waals surface area contributed by atoms with E-state index in [1.54, 1.807) is 0 Å². The SMILES string of the molecule is CC(C)(C)c1ccc(N(c2ccc(C(C)(C)C)cc2)c2ccc3cc4c5ccc(N(c6ccc(C(C)(C)C)cc6)c6ccc(C(C)(C)C)cc6)c6c7sc8ccc(-c9ccccc9)cc8c7n(c4cc3c2)c56)cc1. The largest absolute Gasteiger partial charge is 0.310 e. The summed E-state index contributed by atoms with van der Waals surface area (Å²) in [4.78, 5) is 4.93. The summed E-state index contributed by atoms with van der Waals surface area (Å²) in [5, 5.41) is 7.52. The summed E-state index contributed by atoms with van der Waals surface area (Å²) in [6, 6.07) is 71.6. The van der Waals surface area contributed by atoms with Crippen molar-refractivity contribution in [2.75, 3.05) is 9.80 Å². The average molecular weight is 982 g/mol. The fourth-order valence-electron chi connectivity index (χ4n) is 11.2. The van der Waals surface area contributed by atoms with E-state index in [4.69, 9.17) is 0 Å². The minimum absolute atomic E-state index is 0.0359. The molecule has 0 bridgehead atoms. The maximum Gasteiger partial charge on any atom is 0.0729 e. The van der Waals surface area contributed by atoms with Gasteiger partial charge in [-0.25, -0.2) is 0 Å². The van der Waals surface area contributed by atoms with Gasteiger partial charge in [-0.2, -0.15) is 0 Å². The van der Waals surface area contributed by atoms with Gasteiger partial charge in [0.25, 0.3) is 0 Å². The first kappa shape index (κ1) is 47.6. The summed E-state index contributed by atoms with van der Waals surface area (Å²) >= 11 is 1.92. The first-order chi connectivity index (χ1) is 35.2. The number of fused-ring (bicyclic) bond motifs is 9. The quantitative estimate of drug-likeness (QED) is 0.158. The Kier molecular flexibility index (Phi) is 11.0. The van der Waals surface area contributed by atoms with Crippen molar-refractivity contribution in [3.05, 3.63) is 210 Å². The molecule has 0 atom stereocenters. The van der Waals surface area contributed by atoms with Crippen LogP contribution in [0.4, 0.5) is 34.1 Å². The summed E-state index contributed by atoms with van der Waals surface area (Å²) in [5.41, 5.74) is 18.5. The van der Waals surface area contributed by atoms with Crippen molar-refractivity contribution in [2.45, 2.75) is 105 Å². The van der Waals surface area contributed by atoms with E-state index in [0.29, 0.717) is 0 Å². The molecule has 3 aromatic heterocycles. The summed E-state index contributed by atoms with van der Waals surface area (Å²) < 4.78 is 5.22. The van der Waals surface area contributed by atoms with Crippen molar-refractivity contribution in [3.8, 4) is 11.1 Å². The zero-order valence-corrected chi connectivity index (χ0v) is 46.0. The van der Waals surface area contributed by atoms with E-state index in [1.807, 2.05) is 11.3 Å². The first-order valence-corrected chi connectivity index (χ1v) is 27.2. The molecule has 0 saturated carbocycles. The van der Waals surface area contributed by atoms with Crippen LogP contribution < -0.4 is 9.80 Å². The molecule has 0 unspecified atom stereocenters. The lowest BCUT2D eigenvalue weighted by atomic mass is 9.86.